The standard InChI is InChI=1S/C16H15NO/c1-11-3-4-12-5-6-13-10-14(18-2)7-8-15(13)17-16(12)9-11/h3-10,17H,1-2H3. The molecule has 3 rings (SSSR count). The number of benzene rings is 2. The quantitative estimate of drug-likeness (QED) is 0.683. The Balaban J connectivity index is 2.11. The van der Waals surface area contributed by atoms with Crippen LogP contribution in [0.25, 0.3) is 12.2 Å². The van der Waals surface area contributed by atoms with Crippen LogP contribution in [0.3, 0.4) is 0 Å². The average Bonchev–Trinajstić information content (AvgIpc) is 2.56. The van der Waals surface area contributed by atoms with Crippen LogP contribution in [0.1, 0.15) is 16.7 Å². The van der Waals surface area contributed by atoms with E-state index in [0.29, 0.717) is 0 Å². The van der Waals surface area contributed by atoms with Crippen LogP contribution in [0.4, 0.5) is 11.4 Å². The molecule has 0 amide bonds. The van der Waals surface area contributed by atoms with Gasteiger partial charge in [0.25, 0.3) is 0 Å². The van der Waals surface area contributed by atoms with Crippen molar-refractivity contribution in [1.82, 2.24) is 0 Å². The van der Waals surface area contributed by atoms with Gasteiger partial charge in [-0.2, -0.15) is 0 Å². The summed E-state index contributed by atoms with van der Waals surface area (Å²) in [6.45, 7) is 2.10. The van der Waals surface area contributed by atoms with E-state index < -0.39 is 0 Å². The van der Waals surface area contributed by atoms with Crippen molar-refractivity contribution in [3.8, 4) is 5.75 Å². The second-order valence-corrected chi connectivity index (χ2v) is 4.50. The molecule has 2 aromatic rings. The molecule has 0 spiro atoms. The first-order valence-electron chi connectivity index (χ1n) is 6.00. The highest BCUT2D eigenvalue weighted by atomic mass is 16.5. The van der Waals surface area contributed by atoms with E-state index in [-0.39, 0.29) is 0 Å². The Morgan fingerprint density at radius 2 is 1.72 bits per heavy atom. The SMILES string of the molecule is COc1ccc2c(c1)C=Cc1ccc(C)cc1N2. The van der Waals surface area contributed by atoms with Crippen LogP contribution in [0.5, 0.6) is 5.75 Å². The summed E-state index contributed by atoms with van der Waals surface area (Å²) in [6.07, 6.45) is 4.25. The molecular weight excluding hydrogens is 222 g/mol. The second kappa shape index (κ2) is 4.22. The molecule has 2 heteroatoms. The number of nitrogens with one attached hydrogen (secondary N) is 1. The van der Waals surface area contributed by atoms with Crippen LogP contribution in [-0.2, 0) is 0 Å². The maximum atomic E-state index is 5.26. The number of ether oxygens (including phenoxy) is 1. The third-order valence-electron chi connectivity index (χ3n) is 3.18. The van der Waals surface area contributed by atoms with Crippen molar-refractivity contribution >= 4 is 23.5 Å². The van der Waals surface area contributed by atoms with Gasteiger partial charge in [0.15, 0.2) is 0 Å². The Morgan fingerprint density at radius 3 is 2.56 bits per heavy atom. The van der Waals surface area contributed by atoms with E-state index >= 15 is 0 Å². The lowest BCUT2D eigenvalue weighted by molar-refractivity contribution is 0.415. The Labute approximate surface area is 107 Å². The molecule has 0 bridgehead atoms. The molecule has 0 fully saturated rings. The molecule has 90 valence electrons. The fourth-order valence-electron chi connectivity index (χ4n) is 2.17. The molecule has 0 atom stereocenters. The lowest BCUT2D eigenvalue weighted by Crippen LogP contribution is -1.94. The molecule has 0 unspecified atom stereocenters. The van der Waals surface area contributed by atoms with Crippen LogP contribution in [-0.4, -0.2) is 7.11 Å². The fraction of sp³-hybridized carbons (Fsp3) is 0.125. The summed E-state index contributed by atoms with van der Waals surface area (Å²) < 4.78 is 5.26. The van der Waals surface area contributed by atoms with E-state index in [4.69, 9.17) is 4.74 Å². The van der Waals surface area contributed by atoms with Crippen molar-refractivity contribution in [2.45, 2.75) is 6.92 Å². The maximum absolute atomic E-state index is 5.26. The summed E-state index contributed by atoms with van der Waals surface area (Å²) >= 11 is 0. The largest absolute Gasteiger partial charge is 0.497 e. The topological polar surface area (TPSA) is 21.3 Å². The van der Waals surface area contributed by atoms with E-state index in [0.717, 1.165) is 22.7 Å². The zero-order chi connectivity index (χ0) is 12.5. The van der Waals surface area contributed by atoms with Crippen molar-refractivity contribution in [3.05, 3.63) is 53.1 Å². The van der Waals surface area contributed by atoms with Gasteiger partial charge in [-0.1, -0.05) is 24.3 Å². The molecule has 0 saturated carbocycles. The highest BCUT2D eigenvalue weighted by Crippen LogP contribution is 2.32. The van der Waals surface area contributed by atoms with Crippen LogP contribution in [0.15, 0.2) is 36.4 Å². The molecule has 1 N–H and O–H groups in total. The summed E-state index contributed by atoms with van der Waals surface area (Å²) in [5.74, 6) is 0.877. The molecule has 0 saturated heterocycles. The lowest BCUT2D eigenvalue weighted by Gasteiger charge is -2.11. The van der Waals surface area contributed by atoms with Gasteiger partial charge in [-0.3, -0.25) is 0 Å². The van der Waals surface area contributed by atoms with Crippen LogP contribution in [0.2, 0.25) is 0 Å². The van der Waals surface area contributed by atoms with Gasteiger partial charge in [-0.25, -0.2) is 0 Å². The summed E-state index contributed by atoms with van der Waals surface area (Å²) in [5, 5.41) is 3.48. The number of methoxy groups -OCH3 is 1. The van der Waals surface area contributed by atoms with E-state index in [2.05, 4.69) is 48.7 Å². The molecule has 2 aromatic carbocycles. The number of anilines is 2. The summed E-state index contributed by atoms with van der Waals surface area (Å²) in [7, 11) is 1.69. The zero-order valence-corrected chi connectivity index (χ0v) is 10.5. The van der Waals surface area contributed by atoms with Gasteiger partial charge in [-0.05, 0) is 42.3 Å². The van der Waals surface area contributed by atoms with Crippen molar-refractivity contribution < 1.29 is 4.74 Å². The Kier molecular flexibility index (Phi) is 2.56. The van der Waals surface area contributed by atoms with E-state index in [1.54, 1.807) is 7.11 Å². The molecule has 18 heavy (non-hydrogen) atoms. The van der Waals surface area contributed by atoms with Gasteiger partial charge in [-0.15, -0.1) is 0 Å². The van der Waals surface area contributed by atoms with E-state index in [1.807, 2.05) is 12.1 Å². The van der Waals surface area contributed by atoms with Gasteiger partial charge < -0.3 is 10.1 Å². The molecule has 0 radical (unpaired) electrons. The highest BCUT2D eigenvalue weighted by Gasteiger charge is 2.09. The normalized spacial score (nSPS) is 12.1. The molecule has 2 nitrogen and oxygen atoms in total. The van der Waals surface area contributed by atoms with E-state index in [9.17, 15) is 0 Å². The molecule has 1 heterocycles. The first-order chi connectivity index (χ1) is 8.76. The summed E-state index contributed by atoms with van der Waals surface area (Å²) in [6, 6.07) is 12.5. The number of hydrogen-bond acceptors (Lipinski definition) is 2. The first-order valence-corrected chi connectivity index (χ1v) is 6.00. The van der Waals surface area contributed by atoms with Crippen LogP contribution < -0.4 is 10.1 Å². The van der Waals surface area contributed by atoms with Crippen molar-refractivity contribution in [1.29, 1.82) is 0 Å². The minimum absolute atomic E-state index is 0.877. The highest BCUT2D eigenvalue weighted by molar-refractivity contribution is 5.88. The van der Waals surface area contributed by atoms with Gasteiger partial charge >= 0.3 is 0 Å². The van der Waals surface area contributed by atoms with Gasteiger partial charge in [0, 0.05) is 16.9 Å². The van der Waals surface area contributed by atoms with Crippen LogP contribution >= 0.6 is 0 Å². The monoisotopic (exact) mass is 237 g/mol. The molecule has 1 aliphatic heterocycles. The van der Waals surface area contributed by atoms with Crippen molar-refractivity contribution in [2.75, 3.05) is 12.4 Å². The summed E-state index contributed by atoms with van der Waals surface area (Å²) in [5.41, 5.74) is 5.86. The van der Waals surface area contributed by atoms with E-state index in [1.165, 1.54) is 11.1 Å². The molecule has 0 aliphatic carbocycles. The number of aryl methyl sites for hydroxylation is 1. The Bertz CT molecular complexity index is 629. The predicted octanol–water partition coefficient (Wildman–Crippen LogP) is 4.23. The molecular formula is C16H15NO. The number of rotatable bonds is 1. The van der Waals surface area contributed by atoms with Crippen molar-refractivity contribution in [3.63, 3.8) is 0 Å². The first kappa shape index (κ1) is 10.9. The smallest absolute Gasteiger partial charge is 0.119 e. The van der Waals surface area contributed by atoms with Gasteiger partial charge in [0.05, 0.1) is 7.11 Å². The third-order valence-corrected chi connectivity index (χ3v) is 3.18. The summed E-state index contributed by atoms with van der Waals surface area (Å²) in [4.78, 5) is 0. The molecule has 1 aliphatic rings. The second-order valence-electron chi connectivity index (χ2n) is 4.50. The zero-order valence-electron chi connectivity index (χ0n) is 10.5. The van der Waals surface area contributed by atoms with Gasteiger partial charge in [0.1, 0.15) is 5.75 Å². The lowest BCUT2D eigenvalue weighted by atomic mass is 10.1. The third kappa shape index (κ3) is 1.86. The van der Waals surface area contributed by atoms with Crippen molar-refractivity contribution in [2.24, 2.45) is 0 Å². The van der Waals surface area contributed by atoms with Gasteiger partial charge in [0.2, 0.25) is 0 Å². The Morgan fingerprint density at radius 1 is 0.889 bits per heavy atom. The molecule has 0 aromatic heterocycles. The number of fused-ring (bicyclic) bond motifs is 2. The van der Waals surface area contributed by atoms with Crippen LogP contribution in [0, 0.1) is 6.92 Å². The number of hydrogen-bond donors (Lipinski definition) is 1. The minimum Gasteiger partial charge on any atom is -0.497 e. The minimum atomic E-state index is 0.877. The Hall–Kier alpha value is -2.22. The fourth-order valence-corrected chi connectivity index (χ4v) is 2.17. The average molecular weight is 237 g/mol. The maximum Gasteiger partial charge on any atom is 0.119 e. The predicted molar refractivity (Wildman–Crippen MR) is 76.4 cm³/mol.